The molecular weight excluding hydrogens is 276 g/mol. The van der Waals surface area contributed by atoms with E-state index < -0.39 is 0 Å². The van der Waals surface area contributed by atoms with Crippen molar-refractivity contribution in [1.29, 1.82) is 0 Å². The Hall–Kier alpha value is -1.88. The van der Waals surface area contributed by atoms with Crippen molar-refractivity contribution in [3.63, 3.8) is 0 Å². The zero-order valence-electron chi connectivity index (χ0n) is 13.5. The van der Waals surface area contributed by atoms with Crippen LogP contribution in [0.5, 0.6) is 0 Å². The van der Waals surface area contributed by atoms with E-state index in [1.54, 1.807) is 7.05 Å². The second-order valence-electron chi connectivity index (χ2n) is 6.39. The van der Waals surface area contributed by atoms with Crippen molar-refractivity contribution in [2.45, 2.75) is 37.8 Å². The highest BCUT2D eigenvalue weighted by molar-refractivity contribution is 5.90. The second-order valence-corrected chi connectivity index (χ2v) is 6.39. The molecule has 1 N–H and O–H groups in total. The van der Waals surface area contributed by atoms with Crippen LogP contribution in [0.3, 0.4) is 0 Å². The number of hydrogen-bond donors (Lipinski definition) is 1. The highest BCUT2D eigenvalue weighted by Gasteiger charge is 2.27. The van der Waals surface area contributed by atoms with Gasteiger partial charge in [-0.2, -0.15) is 5.10 Å². The maximum absolute atomic E-state index is 12.2. The molecule has 0 aliphatic heterocycles. The molecule has 1 aromatic carbocycles. The van der Waals surface area contributed by atoms with Crippen molar-refractivity contribution < 1.29 is 0 Å². The van der Waals surface area contributed by atoms with E-state index in [0.29, 0.717) is 12.1 Å². The molecule has 5 heteroatoms. The molecule has 1 aliphatic carbocycles. The van der Waals surface area contributed by atoms with E-state index in [1.807, 2.05) is 24.3 Å². The van der Waals surface area contributed by atoms with E-state index in [9.17, 15) is 4.79 Å². The van der Waals surface area contributed by atoms with Gasteiger partial charge in [0.25, 0.3) is 5.56 Å². The number of aromatic nitrogens is 2. The molecule has 0 amide bonds. The molecule has 5 nitrogen and oxygen atoms in total. The van der Waals surface area contributed by atoms with Gasteiger partial charge in [-0.1, -0.05) is 31.0 Å². The Kier molecular flexibility index (Phi) is 4.16. The van der Waals surface area contributed by atoms with Crippen LogP contribution in [0.2, 0.25) is 0 Å². The molecule has 0 saturated heterocycles. The topological polar surface area (TPSA) is 50.2 Å². The molecule has 0 unspecified atom stereocenters. The fourth-order valence-electron chi connectivity index (χ4n) is 3.48. The lowest BCUT2D eigenvalue weighted by Gasteiger charge is -2.37. The molecule has 1 aromatic heterocycles. The van der Waals surface area contributed by atoms with Crippen LogP contribution in [-0.2, 0) is 7.05 Å². The van der Waals surface area contributed by atoms with Gasteiger partial charge in [0.15, 0.2) is 5.82 Å². The van der Waals surface area contributed by atoms with Crippen molar-refractivity contribution in [3.05, 3.63) is 34.6 Å². The largest absolute Gasteiger partial charge is 0.364 e. The van der Waals surface area contributed by atoms with Crippen LogP contribution >= 0.6 is 0 Å². The van der Waals surface area contributed by atoms with E-state index in [4.69, 9.17) is 0 Å². The summed E-state index contributed by atoms with van der Waals surface area (Å²) in [5.41, 5.74) is -0.0473. The summed E-state index contributed by atoms with van der Waals surface area (Å²) in [7, 11) is 5.98. The summed E-state index contributed by atoms with van der Waals surface area (Å²) in [5, 5.41) is 9.71. The number of rotatable bonds is 3. The Morgan fingerprint density at radius 2 is 1.86 bits per heavy atom. The van der Waals surface area contributed by atoms with Crippen LogP contribution in [-0.4, -0.2) is 40.9 Å². The van der Waals surface area contributed by atoms with Gasteiger partial charge >= 0.3 is 0 Å². The summed E-state index contributed by atoms with van der Waals surface area (Å²) in [6, 6.07) is 8.58. The van der Waals surface area contributed by atoms with Gasteiger partial charge in [0.2, 0.25) is 0 Å². The second kappa shape index (κ2) is 6.08. The molecular formula is C17H24N4O. The Balaban J connectivity index is 2.00. The Morgan fingerprint density at radius 3 is 2.59 bits per heavy atom. The maximum Gasteiger partial charge on any atom is 0.274 e. The summed E-state index contributed by atoms with van der Waals surface area (Å²) in [5.74, 6) is 0.816. The first-order valence-electron chi connectivity index (χ1n) is 7.97. The average molecular weight is 300 g/mol. The van der Waals surface area contributed by atoms with Crippen LogP contribution in [0.1, 0.15) is 25.7 Å². The fourth-order valence-corrected chi connectivity index (χ4v) is 3.48. The minimum atomic E-state index is -0.0473. The average Bonchev–Trinajstić information content (AvgIpc) is 2.53. The van der Waals surface area contributed by atoms with Gasteiger partial charge in [-0.25, -0.2) is 4.68 Å². The van der Waals surface area contributed by atoms with Gasteiger partial charge in [0.1, 0.15) is 0 Å². The number of nitrogens with zero attached hydrogens (tertiary/aromatic N) is 3. The third-order valence-electron chi connectivity index (χ3n) is 4.67. The quantitative estimate of drug-likeness (QED) is 0.944. The van der Waals surface area contributed by atoms with Crippen molar-refractivity contribution in [3.8, 4) is 0 Å². The zero-order valence-corrected chi connectivity index (χ0v) is 13.5. The van der Waals surface area contributed by atoms with Crippen LogP contribution in [0, 0.1) is 0 Å². The van der Waals surface area contributed by atoms with E-state index in [-0.39, 0.29) is 5.56 Å². The smallest absolute Gasteiger partial charge is 0.274 e. The summed E-state index contributed by atoms with van der Waals surface area (Å²) in [6.07, 6.45) is 4.87. The first kappa shape index (κ1) is 15.0. The van der Waals surface area contributed by atoms with Crippen molar-refractivity contribution in [2.24, 2.45) is 7.05 Å². The Labute approximate surface area is 130 Å². The molecule has 2 atom stereocenters. The van der Waals surface area contributed by atoms with E-state index in [0.717, 1.165) is 23.0 Å². The number of anilines is 1. The van der Waals surface area contributed by atoms with Crippen molar-refractivity contribution >= 4 is 16.6 Å². The molecule has 118 valence electrons. The lowest BCUT2D eigenvalue weighted by molar-refractivity contribution is 0.211. The van der Waals surface area contributed by atoms with Gasteiger partial charge in [0, 0.05) is 24.5 Å². The van der Waals surface area contributed by atoms with Gasteiger partial charge in [-0.15, -0.1) is 0 Å². The first-order valence-corrected chi connectivity index (χ1v) is 7.97. The maximum atomic E-state index is 12.2. The summed E-state index contributed by atoms with van der Waals surface area (Å²) < 4.78 is 1.43. The first-order chi connectivity index (χ1) is 10.6. The van der Waals surface area contributed by atoms with Crippen LogP contribution in [0.25, 0.3) is 10.8 Å². The standard InChI is InChI=1S/C17H24N4O/c1-20(2)15-11-7-6-10-14(15)18-16-12-8-4-5-9-13(12)17(22)21(3)19-16/h4-5,8-9,14-15H,6-7,10-11H2,1-3H3,(H,18,19)/t14-,15-/m1/s1. The van der Waals surface area contributed by atoms with Gasteiger partial charge in [0.05, 0.1) is 5.39 Å². The minimum absolute atomic E-state index is 0.0473. The van der Waals surface area contributed by atoms with Gasteiger partial charge < -0.3 is 10.2 Å². The van der Waals surface area contributed by atoms with Crippen molar-refractivity contribution in [1.82, 2.24) is 14.7 Å². The van der Waals surface area contributed by atoms with Gasteiger partial charge in [-0.05, 0) is 33.0 Å². The molecule has 0 bridgehead atoms. The predicted octanol–water partition coefficient (Wildman–Crippen LogP) is 2.22. The number of aryl methyl sites for hydroxylation is 1. The fraction of sp³-hybridized carbons (Fsp3) is 0.529. The van der Waals surface area contributed by atoms with Crippen molar-refractivity contribution in [2.75, 3.05) is 19.4 Å². The lowest BCUT2D eigenvalue weighted by atomic mass is 9.89. The monoisotopic (exact) mass is 300 g/mol. The Morgan fingerprint density at radius 1 is 1.18 bits per heavy atom. The molecule has 2 aromatic rings. The molecule has 1 saturated carbocycles. The minimum Gasteiger partial charge on any atom is -0.364 e. The van der Waals surface area contributed by atoms with E-state index >= 15 is 0 Å². The highest BCUT2D eigenvalue weighted by Crippen LogP contribution is 2.26. The Bertz CT molecular complexity index is 722. The number of benzene rings is 1. The number of nitrogens with one attached hydrogen (secondary N) is 1. The normalized spacial score (nSPS) is 22.2. The van der Waals surface area contributed by atoms with E-state index in [2.05, 4.69) is 29.4 Å². The molecule has 0 spiro atoms. The summed E-state index contributed by atoms with van der Waals surface area (Å²) in [4.78, 5) is 14.5. The third-order valence-corrected chi connectivity index (χ3v) is 4.67. The SMILES string of the molecule is CN(C)[C@@H]1CCCC[C@H]1Nc1nn(C)c(=O)c2ccccc12. The van der Waals surface area contributed by atoms with Gasteiger partial charge in [-0.3, -0.25) is 4.79 Å². The molecule has 1 fully saturated rings. The lowest BCUT2D eigenvalue weighted by Crippen LogP contribution is -2.45. The predicted molar refractivity (Wildman–Crippen MR) is 90.3 cm³/mol. The number of fused-ring (bicyclic) bond motifs is 1. The molecule has 3 rings (SSSR count). The summed E-state index contributed by atoms with van der Waals surface area (Å²) in [6.45, 7) is 0. The molecule has 1 aliphatic rings. The third kappa shape index (κ3) is 2.73. The van der Waals surface area contributed by atoms with Crippen LogP contribution in [0.4, 0.5) is 5.82 Å². The molecule has 0 radical (unpaired) electrons. The van der Waals surface area contributed by atoms with Crippen LogP contribution < -0.4 is 10.9 Å². The zero-order chi connectivity index (χ0) is 15.7. The molecule has 1 heterocycles. The summed E-state index contributed by atoms with van der Waals surface area (Å²) >= 11 is 0. The van der Waals surface area contributed by atoms with Crippen LogP contribution in [0.15, 0.2) is 29.1 Å². The number of likely N-dealkylation sites (N-methyl/N-ethyl adjacent to an activating group) is 1. The highest BCUT2D eigenvalue weighted by atomic mass is 16.1. The molecule has 22 heavy (non-hydrogen) atoms. The van der Waals surface area contributed by atoms with E-state index in [1.165, 1.54) is 23.9 Å². The number of hydrogen-bond acceptors (Lipinski definition) is 4.